The third kappa shape index (κ3) is 6.06. The van der Waals surface area contributed by atoms with Crippen LogP contribution < -0.4 is 10.3 Å². The molecule has 0 fully saturated rings. The molecule has 0 aromatic heterocycles. The van der Waals surface area contributed by atoms with Crippen LogP contribution in [0, 0.1) is 0 Å². The summed E-state index contributed by atoms with van der Waals surface area (Å²) in [7, 11) is 0. The van der Waals surface area contributed by atoms with Gasteiger partial charge in [-0.1, -0.05) is 158 Å². The first-order valence-electron chi connectivity index (χ1n) is 17.6. The van der Waals surface area contributed by atoms with Crippen LogP contribution >= 0.6 is 0 Å². The fourth-order valence-corrected chi connectivity index (χ4v) is 7.13. The fraction of sp³-hybridized carbons (Fsp3) is 0. The third-order valence-electron chi connectivity index (χ3n) is 9.71. The average Bonchev–Trinajstić information content (AvgIpc) is 3.22. The van der Waals surface area contributed by atoms with E-state index in [9.17, 15) is 0 Å². The van der Waals surface area contributed by atoms with Crippen molar-refractivity contribution < 1.29 is 0 Å². The van der Waals surface area contributed by atoms with Gasteiger partial charge in [0.05, 0.1) is 17.1 Å². The van der Waals surface area contributed by atoms with Crippen molar-refractivity contribution in [2.24, 2.45) is 5.10 Å². The number of benzene rings is 9. The summed E-state index contributed by atoms with van der Waals surface area (Å²) in [4.78, 5) is 2.36. The summed E-state index contributed by atoms with van der Waals surface area (Å²) < 4.78 is 0. The average molecular weight is 666 g/mol. The van der Waals surface area contributed by atoms with Gasteiger partial charge in [0.15, 0.2) is 0 Å². The molecular weight excluding hydrogens is 631 g/mol. The topological polar surface area (TPSA) is 27.6 Å². The number of nitrogens with zero attached hydrogens (tertiary/aromatic N) is 2. The molecule has 0 aliphatic rings. The highest BCUT2D eigenvalue weighted by molar-refractivity contribution is 6.13. The number of para-hydroxylation sites is 1. The van der Waals surface area contributed by atoms with Gasteiger partial charge in [0.25, 0.3) is 0 Å². The van der Waals surface area contributed by atoms with Crippen LogP contribution in [0.5, 0.6) is 0 Å². The van der Waals surface area contributed by atoms with Crippen LogP contribution in [0.4, 0.5) is 22.7 Å². The lowest BCUT2D eigenvalue weighted by Gasteiger charge is -2.27. The Kier molecular flexibility index (Phi) is 8.20. The Morgan fingerprint density at radius 2 is 0.962 bits per heavy atom. The molecule has 9 aromatic rings. The Balaban J connectivity index is 1.02. The van der Waals surface area contributed by atoms with Gasteiger partial charge in [0.1, 0.15) is 0 Å². The molecule has 0 amide bonds. The van der Waals surface area contributed by atoms with Gasteiger partial charge in [0, 0.05) is 27.9 Å². The molecule has 0 spiro atoms. The highest BCUT2D eigenvalue weighted by Crippen LogP contribution is 2.40. The van der Waals surface area contributed by atoms with E-state index in [0.29, 0.717) is 0 Å². The Morgan fingerprint density at radius 1 is 0.385 bits per heavy atom. The molecule has 1 N–H and O–H groups in total. The van der Waals surface area contributed by atoms with E-state index in [1.807, 2.05) is 36.4 Å². The number of fused-ring (bicyclic) bond motifs is 4. The van der Waals surface area contributed by atoms with Gasteiger partial charge < -0.3 is 4.90 Å². The standard InChI is InChI=1S/C49H35N3/c1-4-14-37(15-5-1)49(38-16-6-2-7-17-38)51-50-42-28-25-35(26-29-42)39-27-31-45-40(33-39)23-24-41-34-44(30-32-46(41)45)52(43-19-8-3-9-20-43)48-22-12-18-36-13-10-11-21-47(36)48/h1-34,50H. The van der Waals surface area contributed by atoms with E-state index >= 15 is 0 Å². The number of hydrazone groups is 1. The fourth-order valence-electron chi connectivity index (χ4n) is 7.13. The highest BCUT2D eigenvalue weighted by Gasteiger charge is 2.16. The first-order chi connectivity index (χ1) is 25.8. The number of hydrogen-bond acceptors (Lipinski definition) is 3. The number of rotatable bonds is 8. The lowest BCUT2D eigenvalue weighted by atomic mass is 9.97. The molecule has 0 atom stereocenters. The van der Waals surface area contributed by atoms with E-state index in [1.165, 1.54) is 37.9 Å². The van der Waals surface area contributed by atoms with Crippen molar-refractivity contribution in [3.05, 3.63) is 217 Å². The zero-order valence-electron chi connectivity index (χ0n) is 28.5. The third-order valence-corrected chi connectivity index (χ3v) is 9.71. The zero-order valence-corrected chi connectivity index (χ0v) is 28.5. The van der Waals surface area contributed by atoms with Gasteiger partial charge in [0.2, 0.25) is 0 Å². The van der Waals surface area contributed by atoms with Crippen LogP contribution in [-0.2, 0) is 0 Å². The molecule has 0 saturated carbocycles. The summed E-state index contributed by atoms with van der Waals surface area (Å²) in [5.74, 6) is 0. The second-order valence-electron chi connectivity index (χ2n) is 13.0. The van der Waals surface area contributed by atoms with Crippen LogP contribution in [-0.4, -0.2) is 5.71 Å². The van der Waals surface area contributed by atoms with Crippen molar-refractivity contribution in [2.45, 2.75) is 0 Å². The Bertz CT molecular complexity index is 2640. The van der Waals surface area contributed by atoms with Gasteiger partial charge >= 0.3 is 0 Å². The van der Waals surface area contributed by atoms with Crippen LogP contribution in [0.15, 0.2) is 211 Å². The first kappa shape index (κ1) is 31.0. The van der Waals surface area contributed by atoms with E-state index < -0.39 is 0 Å². The Morgan fingerprint density at radius 3 is 1.67 bits per heavy atom. The van der Waals surface area contributed by atoms with E-state index in [2.05, 4.69) is 180 Å². The molecule has 0 unspecified atom stereocenters. The maximum Gasteiger partial charge on any atom is 0.0977 e. The molecule has 52 heavy (non-hydrogen) atoms. The number of nitrogens with one attached hydrogen (secondary N) is 1. The maximum atomic E-state index is 4.83. The predicted molar refractivity (Wildman–Crippen MR) is 221 cm³/mol. The molecule has 0 heterocycles. The summed E-state index contributed by atoms with van der Waals surface area (Å²) >= 11 is 0. The molecule has 3 heteroatoms. The summed E-state index contributed by atoms with van der Waals surface area (Å²) in [6.45, 7) is 0. The highest BCUT2D eigenvalue weighted by atomic mass is 15.3. The minimum absolute atomic E-state index is 0.903. The molecule has 0 aliphatic carbocycles. The minimum atomic E-state index is 0.903. The summed E-state index contributed by atoms with van der Waals surface area (Å²) in [6.07, 6.45) is 0. The second kappa shape index (κ2) is 13.7. The van der Waals surface area contributed by atoms with E-state index in [4.69, 9.17) is 5.10 Å². The van der Waals surface area contributed by atoms with Gasteiger partial charge in [-0.2, -0.15) is 5.10 Å². The molecule has 0 bridgehead atoms. The summed E-state index contributed by atoms with van der Waals surface area (Å²) in [5, 5.41) is 12.2. The van der Waals surface area contributed by atoms with Crippen molar-refractivity contribution in [1.82, 2.24) is 0 Å². The second-order valence-corrected chi connectivity index (χ2v) is 13.0. The quantitative estimate of drug-likeness (QED) is 0.0994. The molecule has 9 rings (SSSR count). The Labute approximate surface area is 303 Å². The van der Waals surface area contributed by atoms with Crippen molar-refractivity contribution in [3.63, 3.8) is 0 Å². The first-order valence-corrected chi connectivity index (χ1v) is 17.6. The lowest BCUT2D eigenvalue weighted by Crippen LogP contribution is -2.10. The van der Waals surface area contributed by atoms with Crippen LogP contribution in [0.1, 0.15) is 11.1 Å². The summed E-state index contributed by atoms with van der Waals surface area (Å²) in [6, 6.07) is 72.9. The van der Waals surface area contributed by atoms with Gasteiger partial charge in [-0.15, -0.1) is 0 Å². The van der Waals surface area contributed by atoms with Crippen molar-refractivity contribution in [1.29, 1.82) is 0 Å². The molecule has 246 valence electrons. The normalized spacial score (nSPS) is 11.1. The van der Waals surface area contributed by atoms with Gasteiger partial charge in [-0.05, 0) is 86.6 Å². The molecule has 0 aliphatic heterocycles. The molecule has 0 saturated heterocycles. The zero-order chi connectivity index (χ0) is 34.7. The predicted octanol–water partition coefficient (Wildman–Crippen LogP) is 13.1. The van der Waals surface area contributed by atoms with E-state index in [1.54, 1.807) is 0 Å². The van der Waals surface area contributed by atoms with Crippen molar-refractivity contribution >= 4 is 60.8 Å². The van der Waals surface area contributed by atoms with Crippen molar-refractivity contribution in [2.75, 3.05) is 10.3 Å². The van der Waals surface area contributed by atoms with Gasteiger partial charge in [-0.3, -0.25) is 5.43 Å². The van der Waals surface area contributed by atoms with Crippen LogP contribution in [0.3, 0.4) is 0 Å². The van der Waals surface area contributed by atoms with E-state index in [-0.39, 0.29) is 0 Å². The van der Waals surface area contributed by atoms with Gasteiger partial charge in [-0.25, -0.2) is 0 Å². The maximum absolute atomic E-state index is 4.83. The monoisotopic (exact) mass is 665 g/mol. The summed E-state index contributed by atoms with van der Waals surface area (Å²) in [5.41, 5.74) is 13.0. The molecule has 0 radical (unpaired) electrons. The number of anilines is 4. The smallest absolute Gasteiger partial charge is 0.0977 e. The van der Waals surface area contributed by atoms with Crippen LogP contribution in [0.2, 0.25) is 0 Å². The number of hydrogen-bond donors (Lipinski definition) is 1. The van der Waals surface area contributed by atoms with E-state index in [0.717, 1.165) is 45.2 Å². The lowest BCUT2D eigenvalue weighted by molar-refractivity contribution is 1.30. The molecular formula is C49H35N3. The SMILES string of the molecule is c1ccc(C(=NNc2ccc(-c3ccc4c(ccc5cc(N(c6ccccc6)c6cccc7ccccc67)ccc54)c3)cc2)c2ccccc2)cc1. The Hall–Kier alpha value is -6.97. The minimum Gasteiger partial charge on any atom is -0.310 e. The molecule has 3 nitrogen and oxygen atoms in total. The largest absolute Gasteiger partial charge is 0.310 e. The van der Waals surface area contributed by atoms with Crippen molar-refractivity contribution in [3.8, 4) is 11.1 Å². The van der Waals surface area contributed by atoms with Crippen LogP contribution in [0.25, 0.3) is 43.4 Å². The molecule has 9 aromatic carbocycles.